The number of hydrogen-bond donors (Lipinski definition) is 0. The molecule has 8 heteroatoms. The predicted octanol–water partition coefficient (Wildman–Crippen LogP) is 3.04. The molecule has 0 unspecified atom stereocenters. The Morgan fingerprint density at radius 3 is 2.27 bits per heavy atom. The third-order valence-corrected chi connectivity index (χ3v) is 3.63. The van der Waals surface area contributed by atoms with E-state index in [9.17, 15) is 14.9 Å². The van der Waals surface area contributed by atoms with E-state index in [1.54, 1.807) is 19.2 Å². The number of carbonyl (C=O) groups excluding carboxylic acids is 1. The molecule has 0 saturated carbocycles. The maximum atomic E-state index is 11.8. The predicted molar refractivity (Wildman–Crippen MR) is 92.7 cm³/mol. The van der Waals surface area contributed by atoms with Crippen LogP contribution < -0.4 is 14.2 Å². The van der Waals surface area contributed by atoms with Crippen LogP contribution in [-0.4, -0.2) is 31.7 Å². The van der Waals surface area contributed by atoms with Crippen LogP contribution in [0.5, 0.6) is 17.2 Å². The van der Waals surface area contributed by atoms with Crippen LogP contribution >= 0.6 is 0 Å². The topological polar surface area (TPSA) is 97.1 Å². The summed E-state index contributed by atoms with van der Waals surface area (Å²) >= 11 is 0. The van der Waals surface area contributed by atoms with Crippen molar-refractivity contribution in [2.45, 2.75) is 13.5 Å². The van der Waals surface area contributed by atoms with E-state index in [0.29, 0.717) is 17.2 Å². The van der Waals surface area contributed by atoms with E-state index < -0.39 is 10.9 Å². The minimum absolute atomic E-state index is 0.0520. The van der Waals surface area contributed by atoms with Crippen LogP contribution in [-0.2, 0) is 16.1 Å². The van der Waals surface area contributed by atoms with Crippen molar-refractivity contribution in [3.63, 3.8) is 0 Å². The van der Waals surface area contributed by atoms with Gasteiger partial charge in [0.15, 0.2) is 18.1 Å². The average molecular weight is 361 g/mol. The van der Waals surface area contributed by atoms with Crippen LogP contribution in [0.4, 0.5) is 5.69 Å². The highest BCUT2D eigenvalue weighted by atomic mass is 16.6. The Morgan fingerprint density at radius 1 is 1.08 bits per heavy atom. The number of nitro groups is 1. The molecule has 0 aliphatic heterocycles. The minimum atomic E-state index is -0.558. The molecule has 0 heterocycles. The molecule has 0 atom stereocenters. The molecule has 0 bridgehead atoms. The number of carbonyl (C=O) groups is 1. The molecule has 0 aliphatic rings. The summed E-state index contributed by atoms with van der Waals surface area (Å²) in [6.45, 7) is 1.64. The van der Waals surface area contributed by atoms with Crippen molar-refractivity contribution in [3.05, 3.63) is 57.6 Å². The molecule has 0 saturated heterocycles. The van der Waals surface area contributed by atoms with E-state index in [0.717, 1.165) is 11.1 Å². The average Bonchev–Trinajstić information content (AvgIpc) is 2.65. The van der Waals surface area contributed by atoms with E-state index >= 15 is 0 Å². The van der Waals surface area contributed by atoms with Gasteiger partial charge in [-0.15, -0.1) is 0 Å². The molecule has 2 aromatic rings. The van der Waals surface area contributed by atoms with Crippen LogP contribution in [0.3, 0.4) is 0 Å². The molecule has 8 nitrogen and oxygen atoms in total. The number of hydrogen-bond acceptors (Lipinski definition) is 7. The van der Waals surface area contributed by atoms with Crippen LogP contribution in [0.25, 0.3) is 0 Å². The second-order valence-corrected chi connectivity index (χ2v) is 5.33. The van der Waals surface area contributed by atoms with E-state index in [1.165, 1.54) is 31.4 Å². The number of non-ortho nitro benzene ring substituents is 1. The van der Waals surface area contributed by atoms with Crippen molar-refractivity contribution in [2.24, 2.45) is 0 Å². The summed E-state index contributed by atoms with van der Waals surface area (Å²) in [6, 6.07) is 8.99. The van der Waals surface area contributed by atoms with E-state index in [2.05, 4.69) is 0 Å². The Balaban J connectivity index is 1.89. The summed E-state index contributed by atoms with van der Waals surface area (Å²) in [5, 5.41) is 10.6. The first-order valence-electron chi connectivity index (χ1n) is 7.69. The first-order chi connectivity index (χ1) is 12.4. The van der Waals surface area contributed by atoms with Crippen LogP contribution in [0.2, 0.25) is 0 Å². The Kier molecular flexibility index (Phi) is 6.37. The number of benzene rings is 2. The molecule has 0 spiro atoms. The van der Waals surface area contributed by atoms with Gasteiger partial charge in [-0.1, -0.05) is 0 Å². The number of nitrogens with zero attached hydrogens (tertiary/aromatic N) is 1. The molecule has 0 fully saturated rings. The molecular weight excluding hydrogens is 342 g/mol. The Hall–Kier alpha value is -3.29. The molecule has 0 aliphatic carbocycles. The van der Waals surface area contributed by atoms with E-state index in [1.807, 2.05) is 6.92 Å². The van der Waals surface area contributed by atoms with Gasteiger partial charge in [-0.3, -0.25) is 10.1 Å². The largest absolute Gasteiger partial charge is 0.493 e. The number of methoxy groups -OCH3 is 2. The third kappa shape index (κ3) is 4.85. The smallest absolute Gasteiger partial charge is 0.344 e. The highest BCUT2D eigenvalue weighted by Crippen LogP contribution is 2.30. The number of aryl methyl sites for hydroxylation is 1. The summed E-state index contributed by atoms with van der Waals surface area (Å²) in [6.07, 6.45) is 0. The lowest BCUT2D eigenvalue weighted by Crippen LogP contribution is -2.15. The number of esters is 1. The molecule has 0 radical (unpaired) electrons. The fourth-order valence-electron chi connectivity index (χ4n) is 2.18. The summed E-state index contributed by atoms with van der Waals surface area (Å²) in [4.78, 5) is 21.9. The Labute approximate surface area is 150 Å². The van der Waals surface area contributed by atoms with Crippen molar-refractivity contribution < 1.29 is 28.7 Å². The molecule has 138 valence electrons. The second kappa shape index (κ2) is 8.70. The fraction of sp³-hybridized carbons (Fsp3) is 0.278. The third-order valence-electron chi connectivity index (χ3n) is 3.63. The Bertz CT molecular complexity index is 787. The van der Waals surface area contributed by atoms with Crippen molar-refractivity contribution in [1.29, 1.82) is 0 Å². The maximum absolute atomic E-state index is 11.8. The lowest BCUT2D eigenvalue weighted by atomic mass is 10.1. The minimum Gasteiger partial charge on any atom is -0.493 e. The monoisotopic (exact) mass is 361 g/mol. The van der Waals surface area contributed by atoms with Gasteiger partial charge in [-0.05, 0) is 42.3 Å². The van der Waals surface area contributed by atoms with Gasteiger partial charge in [0.1, 0.15) is 12.4 Å². The number of ether oxygens (including phenoxy) is 4. The first kappa shape index (κ1) is 19.0. The van der Waals surface area contributed by atoms with Crippen LogP contribution in [0.15, 0.2) is 36.4 Å². The highest BCUT2D eigenvalue weighted by molar-refractivity contribution is 5.71. The van der Waals surface area contributed by atoms with Crippen molar-refractivity contribution in [2.75, 3.05) is 20.8 Å². The van der Waals surface area contributed by atoms with E-state index in [4.69, 9.17) is 18.9 Å². The Morgan fingerprint density at radius 2 is 1.69 bits per heavy atom. The van der Waals surface area contributed by atoms with Crippen LogP contribution in [0.1, 0.15) is 11.1 Å². The normalized spacial score (nSPS) is 10.1. The molecule has 2 rings (SSSR count). The summed E-state index contributed by atoms with van der Waals surface area (Å²) < 4.78 is 20.9. The summed E-state index contributed by atoms with van der Waals surface area (Å²) in [5.74, 6) is 0.931. The zero-order valence-corrected chi connectivity index (χ0v) is 14.7. The molecule has 0 N–H and O–H groups in total. The second-order valence-electron chi connectivity index (χ2n) is 5.33. The maximum Gasteiger partial charge on any atom is 0.344 e. The quantitative estimate of drug-likeness (QED) is 0.405. The van der Waals surface area contributed by atoms with Gasteiger partial charge in [-0.2, -0.15) is 0 Å². The lowest BCUT2D eigenvalue weighted by Gasteiger charge is -2.13. The molecule has 2 aromatic carbocycles. The van der Waals surface area contributed by atoms with Crippen LogP contribution in [0, 0.1) is 17.0 Å². The van der Waals surface area contributed by atoms with Crippen molar-refractivity contribution >= 4 is 11.7 Å². The lowest BCUT2D eigenvalue weighted by molar-refractivity contribution is -0.384. The van der Waals surface area contributed by atoms with Crippen molar-refractivity contribution in [3.8, 4) is 17.2 Å². The molecule has 0 aromatic heterocycles. The zero-order chi connectivity index (χ0) is 19.1. The van der Waals surface area contributed by atoms with E-state index in [-0.39, 0.29) is 18.9 Å². The van der Waals surface area contributed by atoms with Gasteiger partial charge in [0.05, 0.1) is 19.1 Å². The standard InChI is InChI=1S/C18H19NO7/c1-12-8-16(23-2)17(24-3)9-13(12)10-26-18(20)11-25-15-6-4-14(5-7-15)19(21)22/h4-9H,10-11H2,1-3H3. The van der Waals surface area contributed by atoms with Crippen molar-refractivity contribution in [1.82, 2.24) is 0 Å². The summed E-state index contributed by atoms with van der Waals surface area (Å²) in [5.41, 5.74) is 1.63. The van der Waals surface area contributed by atoms with Gasteiger partial charge < -0.3 is 18.9 Å². The fourth-order valence-corrected chi connectivity index (χ4v) is 2.18. The van der Waals surface area contributed by atoms with Gasteiger partial charge in [-0.25, -0.2) is 4.79 Å². The number of rotatable bonds is 8. The van der Waals surface area contributed by atoms with Gasteiger partial charge in [0.25, 0.3) is 5.69 Å². The van der Waals surface area contributed by atoms with Gasteiger partial charge >= 0.3 is 5.97 Å². The van der Waals surface area contributed by atoms with Gasteiger partial charge in [0.2, 0.25) is 0 Å². The first-order valence-corrected chi connectivity index (χ1v) is 7.69. The molecular formula is C18H19NO7. The molecule has 0 amide bonds. The SMILES string of the molecule is COc1cc(C)c(COC(=O)COc2ccc([N+](=O)[O-])cc2)cc1OC. The number of nitro benzene ring substituents is 1. The van der Waals surface area contributed by atoms with Gasteiger partial charge in [0, 0.05) is 12.1 Å². The summed E-state index contributed by atoms with van der Waals surface area (Å²) in [7, 11) is 3.08. The molecule has 26 heavy (non-hydrogen) atoms. The highest BCUT2D eigenvalue weighted by Gasteiger charge is 2.12. The zero-order valence-electron chi connectivity index (χ0n) is 14.7.